The Kier molecular flexibility index (Phi) is 10.3. The molecule has 0 aliphatic carbocycles. The van der Waals surface area contributed by atoms with Gasteiger partial charge < -0.3 is 21.3 Å². The molecule has 1 aliphatic rings. The molecule has 0 spiro atoms. The van der Waals surface area contributed by atoms with Crippen LogP contribution in [0.15, 0.2) is 23.9 Å². The molecule has 2 unspecified atom stereocenters. The van der Waals surface area contributed by atoms with Crippen LogP contribution in [0, 0.1) is 11.7 Å². The van der Waals surface area contributed by atoms with E-state index in [1.54, 1.807) is 6.08 Å². The second kappa shape index (κ2) is 12.4. The molecule has 0 saturated carbocycles. The number of anilines is 2. The zero-order chi connectivity index (χ0) is 22.1. The third-order valence-electron chi connectivity index (χ3n) is 5.60. The van der Waals surface area contributed by atoms with Crippen molar-refractivity contribution in [1.82, 2.24) is 10.6 Å². The van der Waals surface area contributed by atoms with Crippen molar-refractivity contribution in [2.75, 3.05) is 30.8 Å². The second-order valence-corrected chi connectivity index (χ2v) is 8.50. The van der Waals surface area contributed by atoms with Crippen molar-refractivity contribution < 1.29 is 4.39 Å². The quantitative estimate of drug-likeness (QED) is 0.154. The standard InChI is InChI=1S/C23H35Cl2FN4/c1-5-8-11-15(6-2)23-29-20-17(24)14-18(26)19(21(20)30-23)16(7-3)22(25)28-13-10-9-12-27-4/h7,14-15,23,27-30H,3,5-6,8-13H2,1-2,4H3/b22-16+. The number of rotatable bonds is 13. The van der Waals surface area contributed by atoms with Crippen LogP contribution in [0.1, 0.15) is 57.9 Å². The van der Waals surface area contributed by atoms with Crippen LogP contribution in [-0.2, 0) is 0 Å². The zero-order valence-electron chi connectivity index (χ0n) is 18.3. The van der Waals surface area contributed by atoms with Gasteiger partial charge in [0.25, 0.3) is 0 Å². The molecule has 0 fully saturated rings. The Morgan fingerprint density at radius 1 is 1.23 bits per heavy atom. The Balaban J connectivity index is 2.31. The summed E-state index contributed by atoms with van der Waals surface area (Å²) in [6, 6.07) is 1.35. The lowest BCUT2D eigenvalue weighted by atomic mass is 9.96. The number of hydrogen-bond donors (Lipinski definition) is 4. The van der Waals surface area contributed by atoms with Gasteiger partial charge in [-0.15, -0.1) is 0 Å². The summed E-state index contributed by atoms with van der Waals surface area (Å²) in [4.78, 5) is 0. The summed E-state index contributed by atoms with van der Waals surface area (Å²) in [6.07, 6.45) is 8.02. The fourth-order valence-corrected chi connectivity index (χ4v) is 4.36. The average molecular weight is 457 g/mol. The normalized spacial score (nSPS) is 16.9. The average Bonchev–Trinajstić information content (AvgIpc) is 3.16. The lowest BCUT2D eigenvalue weighted by molar-refractivity contribution is 0.417. The highest BCUT2D eigenvalue weighted by Gasteiger charge is 2.32. The highest BCUT2D eigenvalue weighted by Crippen LogP contribution is 2.45. The molecule has 168 valence electrons. The van der Waals surface area contributed by atoms with Crippen LogP contribution in [0.3, 0.4) is 0 Å². The fourth-order valence-electron chi connectivity index (χ4n) is 3.85. The van der Waals surface area contributed by atoms with E-state index in [1.165, 1.54) is 6.07 Å². The Bertz CT molecular complexity index is 751. The molecule has 0 aromatic heterocycles. The van der Waals surface area contributed by atoms with E-state index in [0.717, 1.165) is 50.8 Å². The van der Waals surface area contributed by atoms with Crippen molar-refractivity contribution in [3.8, 4) is 0 Å². The predicted molar refractivity (Wildman–Crippen MR) is 130 cm³/mol. The summed E-state index contributed by atoms with van der Waals surface area (Å²) in [5.41, 5.74) is 2.32. The Morgan fingerprint density at radius 3 is 2.57 bits per heavy atom. The summed E-state index contributed by atoms with van der Waals surface area (Å²) in [7, 11) is 1.93. The summed E-state index contributed by atoms with van der Waals surface area (Å²) in [5, 5.41) is 14.0. The maximum Gasteiger partial charge on any atom is 0.134 e. The third kappa shape index (κ3) is 6.05. The van der Waals surface area contributed by atoms with Crippen molar-refractivity contribution in [3.63, 3.8) is 0 Å². The van der Waals surface area contributed by atoms with Crippen molar-refractivity contribution >= 4 is 40.1 Å². The number of hydrogen-bond acceptors (Lipinski definition) is 4. The Labute approximate surface area is 190 Å². The van der Waals surface area contributed by atoms with Gasteiger partial charge in [-0.05, 0) is 51.3 Å². The van der Waals surface area contributed by atoms with E-state index in [1.807, 2.05) is 7.05 Å². The molecule has 2 atom stereocenters. The van der Waals surface area contributed by atoms with Crippen LogP contribution in [0.2, 0.25) is 5.02 Å². The maximum atomic E-state index is 15.1. The Hall–Kier alpha value is -1.43. The molecule has 4 nitrogen and oxygen atoms in total. The SMILES string of the molecule is C=C/C(=C(/Cl)NCCCCNC)c1c(F)cc(Cl)c2c1NC(C(CC)CCCC)N2. The molecule has 0 saturated heterocycles. The van der Waals surface area contributed by atoms with Gasteiger partial charge in [-0.1, -0.05) is 62.5 Å². The van der Waals surface area contributed by atoms with Crippen LogP contribution in [0.5, 0.6) is 0 Å². The molecule has 0 bridgehead atoms. The largest absolute Gasteiger partial charge is 0.375 e. The number of fused-ring (bicyclic) bond motifs is 1. The topological polar surface area (TPSA) is 48.1 Å². The predicted octanol–water partition coefficient (Wildman–Crippen LogP) is 6.54. The van der Waals surface area contributed by atoms with Gasteiger partial charge in [0.2, 0.25) is 0 Å². The minimum atomic E-state index is -0.416. The van der Waals surface area contributed by atoms with E-state index in [-0.39, 0.29) is 6.17 Å². The first-order valence-electron chi connectivity index (χ1n) is 10.9. The van der Waals surface area contributed by atoms with Gasteiger partial charge in [0.05, 0.1) is 22.6 Å². The Morgan fingerprint density at radius 2 is 1.93 bits per heavy atom. The fraction of sp³-hybridized carbons (Fsp3) is 0.565. The van der Waals surface area contributed by atoms with E-state index in [9.17, 15) is 0 Å². The molecule has 1 heterocycles. The van der Waals surface area contributed by atoms with Crippen molar-refractivity contribution in [2.45, 2.75) is 58.5 Å². The highest BCUT2D eigenvalue weighted by molar-refractivity contribution is 6.35. The van der Waals surface area contributed by atoms with E-state index in [4.69, 9.17) is 23.2 Å². The molecule has 1 aromatic carbocycles. The van der Waals surface area contributed by atoms with Crippen molar-refractivity contribution in [3.05, 3.63) is 40.3 Å². The van der Waals surface area contributed by atoms with Crippen LogP contribution >= 0.6 is 23.2 Å². The molecule has 1 aromatic rings. The number of benzene rings is 1. The zero-order valence-corrected chi connectivity index (χ0v) is 19.8. The van der Waals surface area contributed by atoms with Gasteiger partial charge in [0.15, 0.2) is 0 Å². The first kappa shape index (κ1) is 24.8. The molecule has 4 N–H and O–H groups in total. The monoisotopic (exact) mass is 456 g/mol. The van der Waals surface area contributed by atoms with Crippen LogP contribution in [-0.4, -0.2) is 26.3 Å². The van der Waals surface area contributed by atoms with E-state index >= 15 is 4.39 Å². The molecular formula is C23H35Cl2FN4. The molecule has 0 radical (unpaired) electrons. The second-order valence-electron chi connectivity index (χ2n) is 7.71. The number of nitrogens with one attached hydrogen (secondary N) is 4. The summed E-state index contributed by atoms with van der Waals surface area (Å²) >= 11 is 12.9. The molecular weight excluding hydrogens is 422 g/mol. The first-order chi connectivity index (χ1) is 14.5. The number of unbranched alkanes of at least 4 members (excludes halogenated alkanes) is 2. The first-order valence-corrected chi connectivity index (χ1v) is 11.7. The molecule has 7 heteroatoms. The lowest BCUT2D eigenvalue weighted by Crippen LogP contribution is -2.31. The smallest absolute Gasteiger partial charge is 0.134 e. The molecule has 0 amide bonds. The summed E-state index contributed by atoms with van der Waals surface area (Å²) in [5.74, 6) is 0.00148. The lowest BCUT2D eigenvalue weighted by Gasteiger charge is -2.23. The minimum absolute atomic E-state index is 0.00828. The molecule has 30 heavy (non-hydrogen) atoms. The van der Waals surface area contributed by atoms with Gasteiger partial charge in [-0.25, -0.2) is 4.39 Å². The number of halogens is 3. The van der Waals surface area contributed by atoms with Crippen molar-refractivity contribution in [2.24, 2.45) is 5.92 Å². The molecule has 2 rings (SSSR count). The third-order valence-corrected chi connectivity index (χ3v) is 6.23. The summed E-state index contributed by atoms with van der Waals surface area (Å²) < 4.78 is 15.1. The van der Waals surface area contributed by atoms with Crippen LogP contribution in [0.25, 0.3) is 5.57 Å². The van der Waals surface area contributed by atoms with E-state index in [2.05, 4.69) is 41.7 Å². The van der Waals surface area contributed by atoms with Gasteiger partial charge >= 0.3 is 0 Å². The van der Waals surface area contributed by atoms with Gasteiger partial charge in [0, 0.05) is 17.7 Å². The highest BCUT2D eigenvalue weighted by atomic mass is 35.5. The maximum absolute atomic E-state index is 15.1. The minimum Gasteiger partial charge on any atom is -0.375 e. The van der Waals surface area contributed by atoms with Crippen molar-refractivity contribution in [1.29, 1.82) is 0 Å². The van der Waals surface area contributed by atoms with Gasteiger partial charge in [0.1, 0.15) is 11.0 Å². The van der Waals surface area contributed by atoms with Crippen LogP contribution in [0.4, 0.5) is 15.8 Å². The van der Waals surface area contributed by atoms with E-state index < -0.39 is 5.82 Å². The number of allylic oxidation sites excluding steroid dienone is 2. The van der Waals surface area contributed by atoms with Gasteiger partial charge in [-0.3, -0.25) is 0 Å². The van der Waals surface area contributed by atoms with E-state index in [0.29, 0.717) is 39.5 Å². The van der Waals surface area contributed by atoms with Gasteiger partial charge in [-0.2, -0.15) is 0 Å². The van der Waals surface area contributed by atoms with Crippen LogP contribution < -0.4 is 21.3 Å². The summed E-state index contributed by atoms with van der Waals surface area (Å²) in [6.45, 7) is 9.90. The molecule has 1 aliphatic heterocycles.